The Hall–Kier alpha value is -1.48. The van der Waals surface area contributed by atoms with Gasteiger partial charge in [0.2, 0.25) is 0 Å². The third-order valence-corrected chi connectivity index (χ3v) is 2.21. The van der Waals surface area contributed by atoms with Gasteiger partial charge in [-0.05, 0) is 23.8 Å². The quantitative estimate of drug-likeness (QED) is 0.798. The Morgan fingerprint density at radius 3 is 2.93 bits per heavy atom. The molecular weight excluding hydrogens is 202 g/mol. The number of fused-ring (bicyclic) bond motifs is 1. The first-order valence-electron chi connectivity index (χ1n) is 4.14. The summed E-state index contributed by atoms with van der Waals surface area (Å²) in [6.45, 7) is 0. The molecule has 0 amide bonds. The zero-order chi connectivity index (χ0) is 10.1. The SMILES string of the molecule is O=C(O)Cc1ccc2[nH]c(Cl)cc2c1. The number of aliphatic carboxylic acids is 1. The van der Waals surface area contributed by atoms with E-state index in [9.17, 15) is 4.79 Å². The molecule has 2 rings (SSSR count). The van der Waals surface area contributed by atoms with E-state index >= 15 is 0 Å². The number of aromatic nitrogens is 1. The number of H-pyrrole nitrogens is 1. The van der Waals surface area contributed by atoms with E-state index in [0.29, 0.717) is 5.15 Å². The van der Waals surface area contributed by atoms with Crippen molar-refractivity contribution in [2.24, 2.45) is 0 Å². The lowest BCUT2D eigenvalue weighted by Crippen LogP contribution is -1.99. The van der Waals surface area contributed by atoms with Gasteiger partial charge in [0.25, 0.3) is 0 Å². The number of nitrogens with one attached hydrogen (secondary N) is 1. The van der Waals surface area contributed by atoms with Crippen molar-refractivity contribution in [1.82, 2.24) is 4.98 Å². The minimum Gasteiger partial charge on any atom is -0.481 e. The standard InChI is InChI=1S/C10H8ClNO2/c11-9-5-7-3-6(4-10(13)14)1-2-8(7)12-9/h1-3,5,12H,4H2,(H,13,14). The van der Waals surface area contributed by atoms with Gasteiger partial charge in [0.1, 0.15) is 5.15 Å². The molecule has 1 heterocycles. The van der Waals surface area contributed by atoms with Crippen LogP contribution in [0, 0.1) is 0 Å². The highest BCUT2D eigenvalue weighted by Crippen LogP contribution is 2.20. The number of benzene rings is 1. The summed E-state index contributed by atoms with van der Waals surface area (Å²) in [7, 11) is 0. The molecule has 0 aliphatic rings. The first-order valence-corrected chi connectivity index (χ1v) is 4.52. The monoisotopic (exact) mass is 209 g/mol. The molecule has 0 spiro atoms. The van der Waals surface area contributed by atoms with Gasteiger partial charge in [-0.2, -0.15) is 0 Å². The molecule has 0 aliphatic carbocycles. The molecule has 1 aromatic heterocycles. The van der Waals surface area contributed by atoms with Crippen molar-refractivity contribution in [3.63, 3.8) is 0 Å². The van der Waals surface area contributed by atoms with Gasteiger partial charge < -0.3 is 10.1 Å². The first kappa shape index (κ1) is 9.09. The van der Waals surface area contributed by atoms with E-state index in [0.717, 1.165) is 16.5 Å². The van der Waals surface area contributed by atoms with Crippen LogP contribution in [-0.2, 0) is 11.2 Å². The lowest BCUT2D eigenvalue weighted by molar-refractivity contribution is -0.136. The summed E-state index contributed by atoms with van der Waals surface area (Å²) < 4.78 is 0. The highest BCUT2D eigenvalue weighted by molar-refractivity contribution is 6.30. The summed E-state index contributed by atoms with van der Waals surface area (Å²) in [6.07, 6.45) is 0.0404. The van der Waals surface area contributed by atoms with Crippen LogP contribution >= 0.6 is 11.6 Å². The predicted octanol–water partition coefficient (Wildman–Crippen LogP) is 2.45. The Bertz CT molecular complexity index is 490. The number of carboxylic acid groups (broad SMARTS) is 1. The molecule has 0 radical (unpaired) electrons. The third kappa shape index (κ3) is 1.72. The number of hydrogen-bond donors (Lipinski definition) is 2. The molecule has 4 heteroatoms. The molecule has 2 N–H and O–H groups in total. The maximum Gasteiger partial charge on any atom is 0.307 e. The lowest BCUT2D eigenvalue weighted by atomic mass is 10.1. The van der Waals surface area contributed by atoms with Crippen molar-refractivity contribution in [1.29, 1.82) is 0 Å². The van der Waals surface area contributed by atoms with Gasteiger partial charge in [0.05, 0.1) is 6.42 Å². The molecule has 0 bridgehead atoms. The number of aromatic amines is 1. The fourth-order valence-corrected chi connectivity index (χ4v) is 1.65. The maximum atomic E-state index is 10.5. The van der Waals surface area contributed by atoms with Crippen LogP contribution in [0.25, 0.3) is 10.9 Å². The summed E-state index contributed by atoms with van der Waals surface area (Å²) in [6, 6.07) is 7.22. The minimum absolute atomic E-state index is 0.0404. The number of carboxylic acids is 1. The van der Waals surface area contributed by atoms with Crippen LogP contribution in [0.15, 0.2) is 24.3 Å². The fraction of sp³-hybridized carbons (Fsp3) is 0.100. The van der Waals surface area contributed by atoms with Crippen LogP contribution in [0.5, 0.6) is 0 Å². The van der Waals surface area contributed by atoms with Gasteiger partial charge in [0.15, 0.2) is 0 Å². The highest BCUT2D eigenvalue weighted by atomic mass is 35.5. The molecule has 14 heavy (non-hydrogen) atoms. The summed E-state index contributed by atoms with van der Waals surface area (Å²) in [5.74, 6) is -0.828. The Balaban J connectivity index is 2.45. The van der Waals surface area contributed by atoms with Crippen molar-refractivity contribution >= 4 is 28.5 Å². The summed E-state index contributed by atoms with van der Waals surface area (Å²) in [5, 5.41) is 10.1. The number of carbonyl (C=O) groups is 1. The van der Waals surface area contributed by atoms with Crippen molar-refractivity contribution in [2.75, 3.05) is 0 Å². The average molecular weight is 210 g/mol. The van der Waals surface area contributed by atoms with Gasteiger partial charge in [-0.15, -0.1) is 0 Å². The predicted molar refractivity (Wildman–Crippen MR) is 54.6 cm³/mol. The van der Waals surface area contributed by atoms with Crippen LogP contribution in [0.3, 0.4) is 0 Å². The van der Waals surface area contributed by atoms with Crippen LogP contribution in [-0.4, -0.2) is 16.1 Å². The van der Waals surface area contributed by atoms with Gasteiger partial charge in [-0.1, -0.05) is 17.7 Å². The normalized spacial score (nSPS) is 10.6. The first-order chi connectivity index (χ1) is 6.65. The number of halogens is 1. The largest absolute Gasteiger partial charge is 0.481 e. The Morgan fingerprint density at radius 2 is 2.21 bits per heavy atom. The molecule has 0 atom stereocenters. The molecule has 0 aliphatic heterocycles. The molecule has 3 nitrogen and oxygen atoms in total. The van der Waals surface area contributed by atoms with Crippen LogP contribution in [0.4, 0.5) is 0 Å². The van der Waals surface area contributed by atoms with E-state index in [1.54, 1.807) is 12.1 Å². The second-order valence-electron chi connectivity index (χ2n) is 3.11. The maximum absolute atomic E-state index is 10.5. The van der Waals surface area contributed by atoms with Crippen molar-refractivity contribution < 1.29 is 9.90 Å². The molecule has 0 unspecified atom stereocenters. The fourth-order valence-electron chi connectivity index (χ4n) is 1.43. The topological polar surface area (TPSA) is 53.1 Å². The molecule has 72 valence electrons. The van der Waals surface area contributed by atoms with Crippen LogP contribution < -0.4 is 0 Å². The van der Waals surface area contributed by atoms with E-state index in [4.69, 9.17) is 16.7 Å². The van der Waals surface area contributed by atoms with E-state index in [-0.39, 0.29) is 6.42 Å². The molecule has 0 saturated heterocycles. The second-order valence-corrected chi connectivity index (χ2v) is 3.52. The molecule has 0 fully saturated rings. The Labute approximate surface area is 85.3 Å². The zero-order valence-corrected chi connectivity index (χ0v) is 8.01. The number of rotatable bonds is 2. The van der Waals surface area contributed by atoms with Gasteiger partial charge in [-0.3, -0.25) is 4.79 Å². The van der Waals surface area contributed by atoms with Crippen molar-refractivity contribution in [2.45, 2.75) is 6.42 Å². The van der Waals surface area contributed by atoms with Crippen LogP contribution in [0.2, 0.25) is 5.15 Å². The summed E-state index contributed by atoms with van der Waals surface area (Å²) >= 11 is 5.77. The molecule has 2 aromatic rings. The molecular formula is C10H8ClNO2. The van der Waals surface area contributed by atoms with Gasteiger partial charge in [-0.25, -0.2) is 0 Å². The minimum atomic E-state index is -0.828. The second kappa shape index (κ2) is 3.35. The van der Waals surface area contributed by atoms with E-state index < -0.39 is 5.97 Å². The summed E-state index contributed by atoms with van der Waals surface area (Å²) in [4.78, 5) is 13.4. The highest BCUT2D eigenvalue weighted by Gasteiger charge is 2.03. The van der Waals surface area contributed by atoms with Crippen molar-refractivity contribution in [3.8, 4) is 0 Å². The third-order valence-electron chi connectivity index (χ3n) is 2.01. The van der Waals surface area contributed by atoms with E-state index in [1.165, 1.54) is 0 Å². The van der Waals surface area contributed by atoms with E-state index in [2.05, 4.69) is 4.98 Å². The molecule has 1 aromatic carbocycles. The van der Waals surface area contributed by atoms with Gasteiger partial charge in [0, 0.05) is 10.9 Å². The lowest BCUT2D eigenvalue weighted by Gasteiger charge is -1.96. The Morgan fingerprint density at radius 1 is 1.43 bits per heavy atom. The zero-order valence-electron chi connectivity index (χ0n) is 7.25. The average Bonchev–Trinajstić information content (AvgIpc) is 2.42. The molecule has 0 saturated carbocycles. The van der Waals surface area contributed by atoms with Crippen LogP contribution in [0.1, 0.15) is 5.56 Å². The van der Waals surface area contributed by atoms with Gasteiger partial charge >= 0.3 is 5.97 Å². The number of hydrogen-bond acceptors (Lipinski definition) is 1. The van der Waals surface area contributed by atoms with Crippen molar-refractivity contribution in [3.05, 3.63) is 35.0 Å². The smallest absolute Gasteiger partial charge is 0.307 e. The van der Waals surface area contributed by atoms with E-state index in [1.807, 2.05) is 12.1 Å². The summed E-state index contributed by atoms with van der Waals surface area (Å²) in [5.41, 5.74) is 1.70. The Kier molecular flexibility index (Phi) is 2.17.